The van der Waals surface area contributed by atoms with Gasteiger partial charge in [-0.05, 0) is 74.2 Å². The number of hydrogen-bond acceptors (Lipinski definition) is 5. The zero-order chi connectivity index (χ0) is 31.4. The number of benzene rings is 3. The Morgan fingerprint density at radius 2 is 1.58 bits per heavy atom. The van der Waals surface area contributed by atoms with Crippen molar-refractivity contribution < 1.29 is 22.7 Å². The van der Waals surface area contributed by atoms with E-state index in [-0.39, 0.29) is 43.8 Å². The van der Waals surface area contributed by atoms with Gasteiger partial charge in [0.1, 0.15) is 11.8 Å². The second kappa shape index (κ2) is 16.3. The summed E-state index contributed by atoms with van der Waals surface area (Å²) in [6, 6.07) is 22.8. The van der Waals surface area contributed by atoms with Crippen LogP contribution in [-0.4, -0.2) is 56.6 Å². The fourth-order valence-corrected chi connectivity index (χ4v) is 5.75. The molecule has 0 aromatic heterocycles. The molecule has 0 aliphatic carbocycles. The van der Waals surface area contributed by atoms with E-state index in [1.54, 1.807) is 41.3 Å². The van der Waals surface area contributed by atoms with Crippen molar-refractivity contribution in [2.75, 3.05) is 23.7 Å². The van der Waals surface area contributed by atoms with Gasteiger partial charge in [0.05, 0.1) is 18.6 Å². The molecular formula is C33H42ClN3O5S. The molecule has 3 aromatic rings. The molecule has 0 bridgehead atoms. The molecule has 0 saturated heterocycles. The predicted octanol–water partition coefficient (Wildman–Crippen LogP) is 5.84. The third kappa shape index (κ3) is 10.6. The first kappa shape index (κ1) is 33.9. The number of hydrogen-bond donors (Lipinski definition) is 1. The zero-order valence-electron chi connectivity index (χ0n) is 25.3. The normalized spacial score (nSPS) is 12.7. The smallest absolute Gasteiger partial charge is 0.243 e. The standard InChI is InChI=1S/C33H42ClN3O5S/c1-5-25(3)35-33(39)31(23-26-11-8-7-9-12-26)36(24-27-14-16-28(34)17-15-27)32(38)13-10-22-37(43(4,40)41)29-18-20-30(21-19-29)42-6-2/h7-9,11-12,14-21,25,31H,5-6,10,13,22-24H2,1-4H3,(H,35,39)/t25-,31+/m1/s1. The van der Waals surface area contributed by atoms with Crippen LogP contribution in [0, 0.1) is 0 Å². The van der Waals surface area contributed by atoms with Crippen molar-refractivity contribution in [1.82, 2.24) is 10.2 Å². The molecule has 8 nitrogen and oxygen atoms in total. The van der Waals surface area contributed by atoms with Crippen molar-refractivity contribution in [3.05, 3.63) is 95.0 Å². The molecule has 0 radical (unpaired) electrons. The minimum Gasteiger partial charge on any atom is -0.494 e. The van der Waals surface area contributed by atoms with Gasteiger partial charge in [-0.15, -0.1) is 0 Å². The van der Waals surface area contributed by atoms with Crippen LogP contribution in [0.4, 0.5) is 5.69 Å². The second-order valence-corrected chi connectivity index (χ2v) is 12.9. The molecule has 0 spiro atoms. The Bertz CT molecular complexity index is 1420. The molecule has 3 rings (SSSR count). The third-order valence-electron chi connectivity index (χ3n) is 7.13. The van der Waals surface area contributed by atoms with E-state index in [0.29, 0.717) is 29.5 Å². The quantitative estimate of drug-likeness (QED) is 0.215. The predicted molar refractivity (Wildman–Crippen MR) is 173 cm³/mol. The zero-order valence-corrected chi connectivity index (χ0v) is 26.9. The van der Waals surface area contributed by atoms with E-state index in [0.717, 1.165) is 23.8 Å². The number of carbonyl (C=O) groups is 2. The van der Waals surface area contributed by atoms with Gasteiger partial charge >= 0.3 is 0 Å². The Hall–Kier alpha value is -3.56. The van der Waals surface area contributed by atoms with Gasteiger partial charge in [-0.1, -0.05) is 61.0 Å². The molecule has 0 aliphatic rings. The van der Waals surface area contributed by atoms with Gasteiger partial charge in [0.2, 0.25) is 21.8 Å². The number of sulfonamides is 1. The Labute approximate surface area is 261 Å². The van der Waals surface area contributed by atoms with E-state index in [2.05, 4.69) is 5.32 Å². The maximum Gasteiger partial charge on any atom is 0.243 e. The Morgan fingerprint density at radius 1 is 0.930 bits per heavy atom. The molecule has 0 aliphatic heterocycles. The van der Waals surface area contributed by atoms with Crippen LogP contribution in [0.2, 0.25) is 5.02 Å². The largest absolute Gasteiger partial charge is 0.494 e. The van der Waals surface area contributed by atoms with Crippen LogP contribution in [0.5, 0.6) is 5.75 Å². The summed E-state index contributed by atoms with van der Waals surface area (Å²) in [5, 5.41) is 3.63. The number of nitrogens with one attached hydrogen (secondary N) is 1. The average molecular weight is 628 g/mol. The summed E-state index contributed by atoms with van der Waals surface area (Å²) >= 11 is 6.11. The lowest BCUT2D eigenvalue weighted by Crippen LogP contribution is -2.52. The highest BCUT2D eigenvalue weighted by Crippen LogP contribution is 2.23. The summed E-state index contributed by atoms with van der Waals surface area (Å²) in [5.41, 5.74) is 2.25. The van der Waals surface area contributed by atoms with Crippen LogP contribution >= 0.6 is 11.6 Å². The Balaban J connectivity index is 1.86. The molecule has 1 N–H and O–H groups in total. The lowest BCUT2D eigenvalue weighted by molar-refractivity contribution is -0.141. The van der Waals surface area contributed by atoms with Crippen LogP contribution in [0.3, 0.4) is 0 Å². The Morgan fingerprint density at radius 3 is 2.16 bits per heavy atom. The van der Waals surface area contributed by atoms with Gasteiger partial charge in [0.25, 0.3) is 0 Å². The number of amides is 2. The average Bonchev–Trinajstić information content (AvgIpc) is 2.98. The highest BCUT2D eigenvalue weighted by molar-refractivity contribution is 7.92. The van der Waals surface area contributed by atoms with Crippen molar-refractivity contribution in [2.24, 2.45) is 0 Å². The third-order valence-corrected chi connectivity index (χ3v) is 8.57. The SMILES string of the molecule is CCOc1ccc(N(CCCC(=O)N(Cc2ccc(Cl)cc2)[C@@H](Cc2ccccc2)C(=O)N[C@H](C)CC)S(C)(=O)=O)cc1. The van der Waals surface area contributed by atoms with E-state index in [1.807, 2.05) is 63.2 Å². The van der Waals surface area contributed by atoms with Crippen molar-refractivity contribution in [1.29, 1.82) is 0 Å². The molecule has 3 aromatic carbocycles. The molecule has 0 unspecified atom stereocenters. The molecule has 43 heavy (non-hydrogen) atoms. The lowest BCUT2D eigenvalue weighted by Gasteiger charge is -2.32. The van der Waals surface area contributed by atoms with Crippen molar-refractivity contribution in [3.63, 3.8) is 0 Å². The maximum absolute atomic E-state index is 13.9. The minimum atomic E-state index is -3.61. The molecule has 2 atom stereocenters. The van der Waals surface area contributed by atoms with Crippen LogP contribution in [-0.2, 0) is 32.6 Å². The van der Waals surface area contributed by atoms with Crippen LogP contribution in [0.15, 0.2) is 78.9 Å². The summed E-state index contributed by atoms with van der Waals surface area (Å²) in [6.45, 7) is 6.62. The van der Waals surface area contributed by atoms with Crippen LogP contribution in [0.1, 0.15) is 51.2 Å². The monoisotopic (exact) mass is 627 g/mol. The van der Waals surface area contributed by atoms with Crippen molar-refractivity contribution in [2.45, 2.75) is 65.1 Å². The van der Waals surface area contributed by atoms with E-state index >= 15 is 0 Å². The summed E-state index contributed by atoms with van der Waals surface area (Å²) in [7, 11) is -3.61. The molecule has 2 amide bonds. The maximum atomic E-state index is 13.9. The summed E-state index contributed by atoms with van der Waals surface area (Å²) in [4.78, 5) is 29.2. The van der Waals surface area contributed by atoms with Gasteiger partial charge < -0.3 is 15.0 Å². The summed E-state index contributed by atoms with van der Waals surface area (Å²) < 4.78 is 32.1. The van der Waals surface area contributed by atoms with Gasteiger partial charge in [-0.3, -0.25) is 13.9 Å². The van der Waals surface area contributed by atoms with Crippen molar-refractivity contribution in [3.8, 4) is 5.75 Å². The summed E-state index contributed by atoms with van der Waals surface area (Å²) in [5.74, 6) is 0.177. The van der Waals surface area contributed by atoms with Crippen LogP contribution in [0.25, 0.3) is 0 Å². The van der Waals surface area contributed by atoms with E-state index in [1.165, 1.54) is 4.31 Å². The molecule has 232 valence electrons. The van der Waals surface area contributed by atoms with Gasteiger partial charge in [-0.25, -0.2) is 8.42 Å². The lowest BCUT2D eigenvalue weighted by atomic mass is 10.0. The number of halogens is 1. The number of carbonyl (C=O) groups excluding carboxylic acids is 2. The fraction of sp³-hybridized carbons (Fsp3) is 0.394. The number of nitrogens with zero attached hydrogens (tertiary/aromatic N) is 2. The molecule has 10 heteroatoms. The van der Waals surface area contributed by atoms with Gasteiger partial charge in [0.15, 0.2) is 0 Å². The van der Waals surface area contributed by atoms with E-state index in [9.17, 15) is 18.0 Å². The minimum absolute atomic E-state index is 0.0541. The second-order valence-electron chi connectivity index (χ2n) is 10.5. The highest BCUT2D eigenvalue weighted by atomic mass is 35.5. The molecular weight excluding hydrogens is 586 g/mol. The van der Waals surface area contributed by atoms with Gasteiger partial charge in [0, 0.05) is 37.0 Å². The highest BCUT2D eigenvalue weighted by Gasteiger charge is 2.31. The molecule has 0 fully saturated rings. The first-order valence-corrected chi connectivity index (χ1v) is 16.8. The van der Waals surface area contributed by atoms with E-state index in [4.69, 9.17) is 16.3 Å². The number of rotatable bonds is 16. The van der Waals surface area contributed by atoms with E-state index < -0.39 is 16.1 Å². The van der Waals surface area contributed by atoms with Crippen molar-refractivity contribution >= 4 is 39.1 Å². The number of ether oxygens (including phenoxy) is 1. The molecule has 0 saturated carbocycles. The fourth-order valence-electron chi connectivity index (χ4n) is 4.66. The first-order chi connectivity index (χ1) is 20.5. The Kier molecular flexibility index (Phi) is 12.9. The topological polar surface area (TPSA) is 96.0 Å². The van der Waals surface area contributed by atoms with Crippen LogP contribution < -0.4 is 14.4 Å². The summed E-state index contributed by atoms with van der Waals surface area (Å²) in [6.07, 6.45) is 2.55. The molecule has 0 heterocycles. The number of anilines is 1. The van der Waals surface area contributed by atoms with Gasteiger partial charge in [-0.2, -0.15) is 0 Å². The first-order valence-electron chi connectivity index (χ1n) is 14.6.